The van der Waals surface area contributed by atoms with Gasteiger partial charge in [-0.3, -0.25) is 4.79 Å². The lowest BCUT2D eigenvalue weighted by atomic mass is 9.95. The average molecular weight is 293 g/mol. The van der Waals surface area contributed by atoms with Crippen LogP contribution in [0.4, 0.5) is 4.39 Å². The number of aryl methyl sites for hydroxylation is 1. The van der Waals surface area contributed by atoms with Gasteiger partial charge in [-0.05, 0) is 43.5 Å². The molecule has 4 nitrogen and oxygen atoms in total. The topological polar surface area (TPSA) is 38.8 Å². The minimum atomic E-state index is -0.360. The highest BCUT2D eigenvalue weighted by atomic mass is 19.1. The van der Waals surface area contributed by atoms with Gasteiger partial charge in [-0.1, -0.05) is 0 Å². The second-order valence-corrected chi connectivity index (χ2v) is 5.76. The van der Waals surface area contributed by atoms with Crippen molar-refractivity contribution in [1.29, 1.82) is 0 Å². The van der Waals surface area contributed by atoms with E-state index < -0.39 is 0 Å². The van der Waals surface area contributed by atoms with Crippen molar-refractivity contribution in [2.75, 3.05) is 26.3 Å². The lowest BCUT2D eigenvalue weighted by Gasteiger charge is -2.34. The van der Waals surface area contributed by atoms with Gasteiger partial charge < -0.3 is 14.4 Å². The maximum atomic E-state index is 13.4. The first-order chi connectivity index (χ1) is 10.1. The van der Waals surface area contributed by atoms with Gasteiger partial charge in [0.05, 0.1) is 13.2 Å². The van der Waals surface area contributed by atoms with Gasteiger partial charge in [-0.25, -0.2) is 4.39 Å². The molecule has 0 aromatic heterocycles. The Labute approximate surface area is 123 Å². The Morgan fingerprint density at radius 3 is 2.48 bits per heavy atom. The summed E-state index contributed by atoms with van der Waals surface area (Å²) < 4.78 is 24.5. The zero-order valence-corrected chi connectivity index (χ0v) is 12.2. The van der Waals surface area contributed by atoms with E-state index in [0.717, 1.165) is 18.4 Å². The standard InChI is InChI=1S/C16H20FNO3/c1-11-8-13(10-14(17)9-11)15(19)18-4-2-12(3-5-18)16-20-6-7-21-16/h8-10,12,16H,2-7H2,1H3. The predicted octanol–water partition coefficient (Wildman–Crippen LogP) is 2.36. The summed E-state index contributed by atoms with van der Waals surface area (Å²) in [6.45, 7) is 4.45. The first-order valence-corrected chi connectivity index (χ1v) is 7.43. The van der Waals surface area contributed by atoms with Crippen LogP contribution in [0.5, 0.6) is 0 Å². The largest absolute Gasteiger partial charge is 0.350 e. The van der Waals surface area contributed by atoms with Crippen LogP contribution in [0.2, 0.25) is 0 Å². The fraction of sp³-hybridized carbons (Fsp3) is 0.562. The molecule has 21 heavy (non-hydrogen) atoms. The summed E-state index contributed by atoms with van der Waals surface area (Å²) in [4.78, 5) is 14.2. The number of rotatable bonds is 2. The normalized spacial score (nSPS) is 21.0. The molecular formula is C16H20FNO3. The van der Waals surface area contributed by atoms with Crippen molar-refractivity contribution in [1.82, 2.24) is 4.90 Å². The monoisotopic (exact) mass is 293 g/mol. The molecule has 2 heterocycles. The molecule has 2 saturated heterocycles. The number of carbonyl (C=O) groups is 1. The third kappa shape index (κ3) is 3.24. The molecule has 2 aliphatic rings. The van der Waals surface area contributed by atoms with Crippen molar-refractivity contribution in [2.45, 2.75) is 26.1 Å². The Kier molecular flexibility index (Phi) is 4.22. The van der Waals surface area contributed by atoms with E-state index in [1.165, 1.54) is 12.1 Å². The Morgan fingerprint density at radius 2 is 1.86 bits per heavy atom. The molecular weight excluding hydrogens is 273 g/mol. The van der Waals surface area contributed by atoms with E-state index in [1.807, 2.05) is 0 Å². The van der Waals surface area contributed by atoms with Crippen molar-refractivity contribution < 1.29 is 18.7 Å². The summed E-state index contributed by atoms with van der Waals surface area (Å²) >= 11 is 0. The molecule has 0 aliphatic carbocycles. The van der Waals surface area contributed by atoms with Gasteiger partial charge >= 0.3 is 0 Å². The molecule has 3 rings (SSSR count). The van der Waals surface area contributed by atoms with E-state index in [-0.39, 0.29) is 18.0 Å². The Morgan fingerprint density at radius 1 is 1.19 bits per heavy atom. The molecule has 2 aliphatic heterocycles. The molecule has 0 radical (unpaired) electrons. The molecule has 1 amide bonds. The molecule has 0 bridgehead atoms. The zero-order valence-electron chi connectivity index (χ0n) is 12.2. The second kappa shape index (κ2) is 6.12. The van der Waals surface area contributed by atoms with E-state index in [2.05, 4.69) is 0 Å². The molecule has 5 heteroatoms. The quantitative estimate of drug-likeness (QED) is 0.840. The molecule has 2 fully saturated rings. The number of amides is 1. The van der Waals surface area contributed by atoms with Crippen LogP contribution in [0.1, 0.15) is 28.8 Å². The number of halogens is 1. The Balaban J connectivity index is 1.62. The van der Waals surface area contributed by atoms with Crippen LogP contribution in [0, 0.1) is 18.7 Å². The first-order valence-electron chi connectivity index (χ1n) is 7.43. The van der Waals surface area contributed by atoms with Crippen molar-refractivity contribution in [3.8, 4) is 0 Å². The minimum absolute atomic E-state index is 0.0932. The van der Waals surface area contributed by atoms with Crippen molar-refractivity contribution >= 4 is 5.91 Å². The van der Waals surface area contributed by atoms with E-state index in [0.29, 0.717) is 37.8 Å². The van der Waals surface area contributed by atoms with Gasteiger partial charge in [0.15, 0.2) is 6.29 Å². The molecule has 1 aromatic rings. The third-order valence-corrected chi connectivity index (χ3v) is 4.15. The molecule has 0 spiro atoms. The number of likely N-dealkylation sites (tertiary alicyclic amines) is 1. The fourth-order valence-electron chi connectivity index (χ4n) is 3.07. The highest BCUT2D eigenvalue weighted by Crippen LogP contribution is 2.26. The van der Waals surface area contributed by atoms with Crippen LogP contribution in [0.3, 0.4) is 0 Å². The van der Waals surface area contributed by atoms with Gasteiger partial charge in [-0.2, -0.15) is 0 Å². The Hall–Kier alpha value is -1.46. The summed E-state index contributed by atoms with van der Waals surface area (Å²) in [5.41, 5.74) is 1.19. The van der Waals surface area contributed by atoms with Crippen LogP contribution >= 0.6 is 0 Å². The maximum absolute atomic E-state index is 13.4. The number of piperidine rings is 1. The molecule has 1 aromatic carbocycles. The zero-order chi connectivity index (χ0) is 14.8. The lowest BCUT2D eigenvalue weighted by Crippen LogP contribution is -2.41. The number of carbonyl (C=O) groups excluding carboxylic acids is 1. The summed E-state index contributed by atoms with van der Waals surface area (Å²) in [6, 6.07) is 4.48. The summed E-state index contributed by atoms with van der Waals surface area (Å²) in [6.07, 6.45) is 1.62. The number of hydrogen-bond donors (Lipinski definition) is 0. The number of hydrogen-bond acceptors (Lipinski definition) is 3. The van der Waals surface area contributed by atoms with Crippen LogP contribution in [-0.4, -0.2) is 43.4 Å². The second-order valence-electron chi connectivity index (χ2n) is 5.76. The molecule has 114 valence electrons. The minimum Gasteiger partial charge on any atom is -0.350 e. The third-order valence-electron chi connectivity index (χ3n) is 4.15. The van der Waals surface area contributed by atoms with Gasteiger partial charge in [0.1, 0.15) is 5.82 Å². The average Bonchev–Trinajstić information content (AvgIpc) is 3.00. The molecule has 0 saturated carbocycles. The summed E-state index contributed by atoms with van der Waals surface area (Å²) in [5, 5.41) is 0. The molecule has 0 unspecified atom stereocenters. The van der Waals surface area contributed by atoms with Crippen molar-refractivity contribution in [3.05, 3.63) is 35.1 Å². The van der Waals surface area contributed by atoms with Crippen molar-refractivity contribution in [3.63, 3.8) is 0 Å². The lowest BCUT2D eigenvalue weighted by molar-refractivity contribution is -0.0956. The van der Waals surface area contributed by atoms with Crippen LogP contribution in [0.15, 0.2) is 18.2 Å². The van der Waals surface area contributed by atoms with Crippen LogP contribution < -0.4 is 0 Å². The van der Waals surface area contributed by atoms with E-state index in [1.54, 1.807) is 17.9 Å². The van der Waals surface area contributed by atoms with Crippen LogP contribution in [-0.2, 0) is 9.47 Å². The molecule has 0 N–H and O–H groups in total. The highest BCUT2D eigenvalue weighted by Gasteiger charge is 2.32. The van der Waals surface area contributed by atoms with Crippen molar-refractivity contribution in [2.24, 2.45) is 5.92 Å². The summed E-state index contributed by atoms with van der Waals surface area (Å²) in [5.74, 6) is -0.101. The SMILES string of the molecule is Cc1cc(F)cc(C(=O)N2CCC(C3OCCO3)CC2)c1. The smallest absolute Gasteiger partial charge is 0.253 e. The molecule has 0 atom stereocenters. The number of ether oxygens (including phenoxy) is 2. The van der Waals surface area contributed by atoms with E-state index in [9.17, 15) is 9.18 Å². The highest BCUT2D eigenvalue weighted by molar-refractivity contribution is 5.94. The number of benzene rings is 1. The predicted molar refractivity (Wildman–Crippen MR) is 75.5 cm³/mol. The van der Waals surface area contributed by atoms with E-state index >= 15 is 0 Å². The Bertz CT molecular complexity index is 500. The van der Waals surface area contributed by atoms with E-state index in [4.69, 9.17) is 9.47 Å². The van der Waals surface area contributed by atoms with Gasteiger partial charge in [0.25, 0.3) is 5.91 Å². The maximum Gasteiger partial charge on any atom is 0.253 e. The number of nitrogens with zero attached hydrogens (tertiary/aromatic N) is 1. The first kappa shape index (κ1) is 14.5. The van der Waals surface area contributed by atoms with Gasteiger partial charge in [0.2, 0.25) is 0 Å². The van der Waals surface area contributed by atoms with Crippen LogP contribution in [0.25, 0.3) is 0 Å². The fourth-order valence-corrected chi connectivity index (χ4v) is 3.07. The van der Waals surface area contributed by atoms with Gasteiger partial charge in [0, 0.05) is 24.6 Å². The van der Waals surface area contributed by atoms with Gasteiger partial charge in [-0.15, -0.1) is 0 Å². The summed E-state index contributed by atoms with van der Waals surface area (Å²) in [7, 11) is 0.